The molecule has 0 saturated heterocycles. The minimum absolute atomic E-state index is 0.135. The van der Waals surface area contributed by atoms with Crippen LogP contribution in [0.3, 0.4) is 0 Å². The van der Waals surface area contributed by atoms with Crippen LogP contribution in [0.2, 0.25) is 0 Å². The number of fused-ring (bicyclic) bond motifs is 1. The molecular weight excluding hydrogens is 236 g/mol. The summed E-state index contributed by atoms with van der Waals surface area (Å²) < 4.78 is 0. The predicted octanol–water partition coefficient (Wildman–Crippen LogP) is 2.45. The minimum atomic E-state index is -0.237. The lowest BCUT2D eigenvalue weighted by Crippen LogP contribution is -2.57. The van der Waals surface area contributed by atoms with E-state index in [1.54, 1.807) is 0 Å². The van der Waals surface area contributed by atoms with E-state index in [-0.39, 0.29) is 11.4 Å². The largest absolute Gasteiger partial charge is 0.332 e. The van der Waals surface area contributed by atoms with Gasteiger partial charge in [0.15, 0.2) is 0 Å². The number of benzene rings is 1. The molecule has 2 rings (SSSR count). The summed E-state index contributed by atoms with van der Waals surface area (Å²) in [4.78, 5) is 14.7. The Bertz CT molecular complexity index is 470. The second-order valence-electron chi connectivity index (χ2n) is 6.16. The Hall–Kier alpha value is -1.35. The van der Waals surface area contributed by atoms with Crippen molar-refractivity contribution in [1.82, 2.24) is 4.90 Å². The zero-order chi connectivity index (χ0) is 14.0. The maximum absolute atomic E-state index is 12.7. The van der Waals surface area contributed by atoms with E-state index in [0.717, 1.165) is 30.5 Å². The Kier molecular flexibility index (Phi) is 3.95. The van der Waals surface area contributed by atoms with Gasteiger partial charge in [0, 0.05) is 18.7 Å². The Morgan fingerprint density at radius 1 is 1.37 bits per heavy atom. The van der Waals surface area contributed by atoms with Crippen LogP contribution >= 0.6 is 0 Å². The number of amides is 1. The molecule has 0 spiro atoms. The molecule has 3 nitrogen and oxygen atoms in total. The van der Waals surface area contributed by atoms with Gasteiger partial charge in [0.05, 0.1) is 5.54 Å². The molecule has 1 aromatic carbocycles. The minimum Gasteiger partial charge on any atom is -0.332 e. The summed E-state index contributed by atoms with van der Waals surface area (Å²) in [5.74, 6) is 0.661. The molecule has 1 unspecified atom stereocenters. The average Bonchev–Trinajstić information content (AvgIpc) is 2.38. The number of hydrogen-bond acceptors (Lipinski definition) is 2. The molecular formula is C16H24N2O. The first-order valence-corrected chi connectivity index (χ1v) is 7.08. The summed E-state index contributed by atoms with van der Waals surface area (Å²) in [7, 11) is 0. The number of hydrogen-bond donors (Lipinski definition) is 1. The highest BCUT2D eigenvalue weighted by Gasteiger charge is 2.37. The summed E-state index contributed by atoms with van der Waals surface area (Å²) in [6, 6.07) is 7.91. The van der Waals surface area contributed by atoms with Gasteiger partial charge in [0.1, 0.15) is 0 Å². The molecule has 3 heteroatoms. The molecule has 2 N–H and O–H groups in total. The lowest BCUT2D eigenvalue weighted by molar-refractivity contribution is 0.0452. The molecule has 104 valence electrons. The highest BCUT2D eigenvalue weighted by atomic mass is 16.2. The van der Waals surface area contributed by atoms with Crippen molar-refractivity contribution in [3.63, 3.8) is 0 Å². The third kappa shape index (κ3) is 2.66. The van der Waals surface area contributed by atoms with Crippen LogP contribution < -0.4 is 5.73 Å². The van der Waals surface area contributed by atoms with Crippen molar-refractivity contribution in [1.29, 1.82) is 0 Å². The fraction of sp³-hybridized carbons (Fsp3) is 0.562. The molecule has 0 aliphatic carbocycles. The monoisotopic (exact) mass is 260 g/mol. The van der Waals surface area contributed by atoms with Crippen molar-refractivity contribution in [2.24, 2.45) is 11.7 Å². The second-order valence-corrected chi connectivity index (χ2v) is 6.16. The topological polar surface area (TPSA) is 46.3 Å². The van der Waals surface area contributed by atoms with Gasteiger partial charge in [0.2, 0.25) is 0 Å². The molecule has 0 saturated carbocycles. The predicted molar refractivity (Wildman–Crippen MR) is 78.1 cm³/mol. The lowest BCUT2D eigenvalue weighted by Gasteiger charge is -2.44. The van der Waals surface area contributed by atoms with Gasteiger partial charge in [0.25, 0.3) is 5.91 Å². The van der Waals surface area contributed by atoms with E-state index >= 15 is 0 Å². The maximum atomic E-state index is 12.7. The molecule has 1 aliphatic rings. The van der Waals surface area contributed by atoms with Gasteiger partial charge in [-0.25, -0.2) is 0 Å². The van der Waals surface area contributed by atoms with Crippen LogP contribution in [0, 0.1) is 5.92 Å². The lowest BCUT2D eigenvalue weighted by atomic mass is 9.86. The van der Waals surface area contributed by atoms with E-state index in [4.69, 9.17) is 5.73 Å². The fourth-order valence-electron chi connectivity index (χ4n) is 3.12. The number of nitrogens with two attached hydrogens (primary N) is 1. The molecule has 0 aromatic heterocycles. The highest BCUT2D eigenvalue weighted by Crippen LogP contribution is 2.29. The quantitative estimate of drug-likeness (QED) is 0.904. The molecule has 1 aromatic rings. The van der Waals surface area contributed by atoms with Crippen LogP contribution in [-0.2, 0) is 6.42 Å². The number of carbonyl (C=O) groups is 1. The molecule has 1 atom stereocenters. The molecule has 0 radical (unpaired) electrons. The Labute approximate surface area is 115 Å². The summed E-state index contributed by atoms with van der Waals surface area (Å²) in [6.45, 7) is 7.75. The summed E-state index contributed by atoms with van der Waals surface area (Å²) in [6.07, 6.45) is 1.87. The van der Waals surface area contributed by atoms with E-state index < -0.39 is 0 Å². The number of rotatable bonds is 4. The molecule has 1 aliphatic heterocycles. The van der Waals surface area contributed by atoms with Crippen LogP contribution in [0.5, 0.6) is 0 Å². The molecule has 1 amide bonds. The van der Waals surface area contributed by atoms with E-state index in [9.17, 15) is 4.79 Å². The van der Waals surface area contributed by atoms with Gasteiger partial charge in [-0.15, -0.1) is 0 Å². The van der Waals surface area contributed by atoms with Crippen LogP contribution in [-0.4, -0.2) is 29.4 Å². The summed E-state index contributed by atoms with van der Waals surface area (Å²) in [5.41, 5.74) is 7.74. The average molecular weight is 260 g/mol. The summed E-state index contributed by atoms with van der Waals surface area (Å²) in [5, 5.41) is 0. The zero-order valence-electron chi connectivity index (χ0n) is 12.1. The van der Waals surface area contributed by atoms with Crippen molar-refractivity contribution in [2.45, 2.75) is 39.2 Å². The van der Waals surface area contributed by atoms with Crippen LogP contribution in [0.4, 0.5) is 0 Å². The Morgan fingerprint density at radius 2 is 2.05 bits per heavy atom. The number of carbonyl (C=O) groups excluding carboxylic acids is 1. The maximum Gasteiger partial charge on any atom is 0.254 e. The van der Waals surface area contributed by atoms with Gasteiger partial charge in [-0.05, 0) is 37.3 Å². The van der Waals surface area contributed by atoms with Crippen molar-refractivity contribution in [3.8, 4) is 0 Å². The Balaban J connectivity index is 2.30. The van der Waals surface area contributed by atoms with Crippen LogP contribution in [0.15, 0.2) is 24.3 Å². The number of nitrogens with zero attached hydrogens (tertiary/aromatic N) is 1. The zero-order valence-corrected chi connectivity index (χ0v) is 12.1. The first kappa shape index (κ1) is 14.1. The fourth-order valence-corrected chi connectivity index (χ4v) is 3.12. The van der Waals surface area contributed by atoms with E-state index in [1.807, 2.05) is 29.2 Å². The molecule has 0 bridgehead atoms. The van der Waals surface area contributed by atoms with Crippen molar-refractivity contribution in [3.05, 3.63) is 35.4 Å². The third-order valence-electron chi connectivity index (χ3n) is 4.04. The van der Waals surface area contributed by atoms with Crippen LogP contribution in [0.1, 0.15) is 43.1 Å². The molecule has 0 fully saturated rings. The summed E-state index contributed by atoms with van der Waals surface area (Å²) >= 11 is 0. The SMILES string of the molecule is CC(C)CC(C)(CN)N1CCc2ccccc2C1=O. The third-order valence-corrected chi connectivity index (χ3v) is 4.04. The van der Waals surface area contributed by atoms with E-state index in [2.05, 4.69) is 20.8 Å². The van der Waals surface area contributed by atoms with Gasteiger partial charge in [-0.2, -0.15) is 0 Å². The molecule has 19 heavy (non-hydrogen) atoms. The van der Waals surface area contributed by atoms with Gasteiger partial charge in [-0.1, -0.05) is 32.0 Å². The Morgan fingerprint density at radius 3 is 2.68 bits per heavy atom. The highest BCUT2D eigenvalue weighted by molar-refractivity contribution is 5.97. The second kappa shape index (κ2) is 5.33. The van der Waals surface area contributed by atoms with Crippen molar-refractivity contribution in [2.75, 3.05) is 13.1 Å². The van der Waals surface area contributed by atoms with E-state index in [1.165, 1.54) is 0 Å². The normalized spacial score (nSPS) is 18.4. The van der Waals surface area contributed by atoms with Gasteiger partial charge < -0.3 is 10.6 Å². The van der Waals surface area contributed by atoms with Crippen molar-refractivity contribution >= 4 is 5.91 Å². The van der Waals surface area contributed by atoms with Crippen molar-refractivity contribution < 1.29 is 4.79 Å². The first-order chi connectivity index (χ1) is 8.98. The standard InChI is InChI=1S/C16H24N2O/c1-12(2)10-16(3,11-17)18-9-8-13-6-4-5-7-14(13)15(18)19/h4-7,12H,8-11,17H2,1-3H3. The van der Waals surface area contributed by atoms with Gasteiger partial charge >= 0.3 is 0 Å². The molecule has 1 heterocycles. The van der Waals surface area contributed by atoms with Gasteiger partial charge in [-0.3, -0.25) is 4.79 Å². The van der Waals surface area contributed by atoms with Crippen LogP contribution in [0.25, 0.3) is 0 Å². The van der Waals surface area contributed by atoms with E-state index in [0.29, 0.717) is 12.5 Å². The smallest absolute Gasteiger partial charge is 0.254 e. The first-order valence-electron chi connectivity index (χ1n) is 7.08.